The molecule has 4 rings (SSSR count). The Morgan fingerprint density at radius 2 is 1.57 bits per heavy atom. The van der Waals surface area contributed by atoms with Crippen LogP contribution in [0.3, 0.4) is 0 Å². The van der Waals surface area contributed by atoms with Crippen LogP contribution < -0.4 is 10.6 Å². The highest BCUT2D eigenvalue weighted by atomic mass is 35.5. The first-order valence-corrected chi connectivity index (χ1v) is 9.57. The van der Waals surface area contributed by atoms with Crippen LogP contribution in [-0.4, -0.2) is 11.8 Å². The van der Waals surface area contributed by atoms with Crippen molar-refractivity contribution in [2.45, 2.75) is 0 Å². The lowest BCUT2D eigenvalue weighted by atomic mass is 10.2. The van der Waals surface area contributed by atoms with E-state index in [0.717, 1.165) is 5.56 Å². The van der Waals surface area contributed by atoms with E-state index in [9.17, 15) is 9.59 Å². The van der Waals surface area contributed by atoms with Gasteiger partial charge in [-0.25, -0.2) is 0 Å². The van der Waals surface area contributed by atoms with Crippen LogP contribution in [0.4, 0.5) is 11.4 Å². The van der Waals surface area contributed by atoms with Crippen LogP contribution >= 0.6 is 23.2 Å². The van der Waals surface area contributed by atoms with Gasteiger partial charge in [0.25, 0.3) is 11.8 Å². The molecule has 30 heavy (non-hydrogen) atoms. The number of hydrogen-bond acceptors (Lipinski definition) is 4. The Labute approximate surface area is 181 Å². The molecule has 2 aromatic heterocycles. The van der Waals surface area contributed by atoms with E-state index in [1.54, 1.807) is 60.7 Å². The standard InChI is InChI=1S/C22H14Cl2N2O4/c23-14-5-3-13(4-6-14)18-9-10-20(30-18)22(28)25-15-7-8-17(16(24)12-15)26-21(27)19-2-1-11-29-19/h1-12H,(H,25,28)(H,26,27). The Bertz CT molecular complexity index is 1200. The molecule has 0 fully saturated rings. The zero-order valence-electron chi connectivity index (χ0n) is 15.3. The van der Waals surface area contributed by atoms with Crippen LogP contribution in [0.25, 0.3) is 11.3 Å². The van der Waals surface area contributed by atoms with Crippen molar-refractivity contribution in [3.63, 3.8) is 0 Å². The second kappa shape index (κ2) is 8.49. The first kappa shape index (κ1) is 19.8. The highest BCUT2D eigenvalue weighted by Gasteiger charge is 2.15. The molecule has 8 heteroatoms. The van der Waals surface area contributed by atoms with E-state index in [0.29, 0.717) is 22.2 Å². The summed E-state index contributed by atoms with van der Waals surface area (Å²) in [6.45, 7) is 0. The van der Waals surface area contributed by atoms with Gasteiger partial charge in [0.1, 0.15) is 5.76 Å². The number of benzene rings is 2. The summed E-state index contributed by atoms with van der Waals surface area (Å²) in [6, 6.07) is 18.3. The maximum atomic E-state index is 12.5. The van der Waals surface area contributed by atoms with Crippen molar-refractivity contribution in [2.75, 3.05) is 10.6 Å². The smallest absolute Gasteiger partial charge is 0.291 e. The lowest BCUT2D eigenvalue weighted by molar-refractivity contribution is 0.0989. The maximum Gasteiger partial charge on any atom is 0.291 e. The molecule has 2 amide bonds. The minimum Gasteiger partial charge on any atom is -0.459 e. The molecule has 0 aliphatic carbocycles. The summed E-state index contributed by atoms with van der Waals surface area (Å²) < 4.78 is 10.7. The molecule has 0 bridgehead atoms. The summed E-state index contributed by atoms with van der Waals surface area (Å²) >= 11 is 12.1. The van der Waals surface area contributed by atoms with E-state index < -0.39 is 11.8 Å². The fourth-order valence-corrected chi connectivity index (χ4v) is 3.06. The number of anilines is 2. The average molecular weight is 441 g/mol. The van der Waals surface area contributed by atoms with E-state index >= 15 is 0 Å². The number of hydrogen-bond donors (Lipinski definition) is 2. The minimum atomic E-state index is -0.432. The van der Waals surface area contributed by atoms with Crippen molar-refractivity contribution >= 4 is 46.4 Å². The normalized spacial score (nSPS) is 10.6. The predicted molar refractivity (Wildman–Crippen MR) is 115 cm³/mol. The lowest BCUT2D eigenvalue weighted by Gasteiger charge is -2.09. The Hall–Kier alpha value is -3.48. The molecule has 2 heterocycles. The summed E-state index contributed by atoms with van der Waals surface area (Å²) in [4.78, 5) is 24.6. The number of halogens is 2. The Morgan fingerprint density at radius 3 is 2.27 bits per heavy atom. The van der Waals surface area contributed by atoms with Gasteiger partial charge in [-0.15, -0.1) is 0 Å². The number of amides is 2. The molecule has 0 radical (unpaired) electrons. The molecule has 0 aliphatic heterocycles. The second-order valence-electron chi connectivity index (χ2n) is 6.25. The van der Waals surface area contributed by atoms with Crippen LogP contribution in [0.15, 0.2) is 81.8 Å². The number of carbonyl (C=O) groups excluding carboxylic acids is 2. The summed E-state index contributed by atoms with van der Waals surface area (Å²) in [5.41, 5.74) is 1.64. The molecule has 0 unspecified atom stereocenters. The van der Waals surface area contributed by atoms with Crippen molar-refractivity contribution in [1.29, 1.82) is 0 Å². The Balaban J connectivity index is 1.44. The number of rotatable bonds is 5. The fraction of sp³-hybridized carbons (Fsp3) is 0. The van der Waals surface area contributed by atoms with E-state index in [4.69, 9.17) is 32.0 Å². The van der Waals surface area contributed by atoms with Crippen LogP contribution in [0.1, 0.15) is 21.1 Å². The molecule has 2 N–H and O–H groups in total. The van der Waals surface area contributed by atoms with Gasteiger partial charge in [0, 0.05) is 16.3 Å². The van der Waals surface area contributed by atoms with Crippen LogP contribution in [-0.2, 0) is 0 Å². The zero-order valence-corrected chi connectivity index (χ0v) is 16.8. The van der Waals surface area contributed by atoms with E-state index in [1.807, 2.05) is 0 Å². The fourth-order valence-electron chi connectivity index (χ4n) is 2.71. The molecule has 0 saturated carbocycles. The average Bonchev–Trinajstić information content (AvgIpc) is 3.43. The van der Waals surface area contributed by atoms with Crippen molar-refractivity contribution in [3.05, 3.63) is 94.6 Å². The lowest BCUT2D eigenvalue weighted by Crippen LogP contribution is -2.13. The van der Waals surface area contributed by atoms with Gasteiger partial charge >= 0.3 is 0 Å². The highest BCUT2D eigenvalue weighted by Crippen LogP contribution is 2.28. The maximum absolute atomic E-state index is 12.5. The summed E-state index contributed by atoms with van der Waals surface area (Å²) in [5, 5.41) is 6.23. The van der Waals surface area contributed by atoms with E-state index in [2.05, 4.69) is 10.6 Å². The summed E-state index contributed by atoms with van der Waals surface area (Å²) in [5.74, 6) is -0.00230. The summed E-state index contributed by atoms with van der Waals surface area (Å²) in [6.07, 6.45) is 1.40. The van der Waals surface area contributed by atoms with Crippen molar-refractivity contribution in [3.8, 4) is 11.3 Å². The SMILES string of the molecule is O=C(Nc1ccc(NC(=O)c2ccc(-c3ccc(Cl)cc3)o2)cc1Cl)c1ccco1. The van der Waals surface area contributed by atoms with Gasteiger partial charge in [0.2, 0.25) is 0 Å². The topological polar surface area (TPSA) is 84.5 Å². The monoisotopic (exact) mass is 440 g/mol. The van der Waals surface area contributed by atoms with Crippen LogP contribution in [0.2, 0.25) is 10.0 Å². The van der Waals surface area contributed by atoms with E-state index in [1.165, 1.54) is 12.3 Å². The van der Waals surface area contributed by atoms with Crippen molar-refractivity contribution in [1.82, 2.24) is 0 Å². The van der Waals surface area contributed by atoms with Gasteiger partial charge in [-0.3, -0.25) is 9.59 Å². The number of nitrogens with one attached hydrogen (secondary N) is 2. The largest absolute Gasteiger partial charge is 0.459 e. The van der Waals surface area contributed by atoms with Gasteiger partial charge in [0.05, 0.1) is 17.0 Å². The number of carbonyl (C=O) groups is 2. The van der Waals surface area contributed by atoms with Gasteiger partial charge < -0.3 is 19.5 Å². The third kappa shape index (κ3) is 4.40. The van der Waals surface area contributed by atoms with Gasteiger partial charge in [-0.05, 0) is 66.7 Å². The number of furan rings is 2. The quantitative estimate of drug-likeness (QED) is 0.378. The third-order valence-electron chi connectivity index (χ3n) is 4.18. The minimum absolute atomic E-state index is 0.145. The van der Waals surface area contributed by atoms with Crippen molar-refractivity contribution < 1.29 is 18.4 Å². The van der Waals surface area contributed by atoms with Crippen molar-refractivity contribution in [2.24, 2.45) is 0 Å². The third-order valence-corrected chi connectivity index (χ3v) is 4.74. The zero-order chi connectivity index (χ0) is 21.1. The van der Waals surface area contributed by atoms with Gasteiger partial charge in [-0.1, -0.05) is 23.2 Å². The molecule has 150 valence electrons. The molecule has 2 aromatic carbocycles. The Kier molecular flexibility index (Phi) is 5.61. The predicted octanol–water partition coefficient (Wildman–Crippen LogP) is 6.35. The molecule has 0 saturated heterocycles. The first-order valence-electron chi connectivity index (χ1n) is 8.81. The van der Waals surface area contributed by atoms with Gasteiger partial charge in [0.15, 0.2) is 11.5 Å². The van der Waals surface area contributed by atoms with E-state index in [-0.39, 0.29) is 16.5 Å². The molecule has 4 aromatic rings. The highest BCUT2D eigenvalue weighted by molar-refractivity contribution is 6.34. The molecular weight excluding hydrogens is 427 g/mol. The second-order valence-corrected chi connectivity index (χ2v) is 7.09. The molecule has 6 nitrogen and oxygen atoms in total. The van der Waals surface area contributed by atoms with Gasteiger partial charge in [-0.2, -0.15) is 0 Å². The van der Waals surface area contributed by atoms with Crippen LogP contribution in [0, 0.1) is 0 Å². The Morgan fingerprint density at radius 1 is 0.800 bits per heavy atom. The molecular formula is C22H14Cl2N2O4. The molecule has 0 aliphatic rings. The summed E-state index contributed by atoms with van der Waals surface area (Å²) in [7, 11) is 0. The molecule has 0 atom stereocenters. The first-order chi connectivity index (χ1) is 14.5. The molecule has 0 spiro atoms. The van der Waals surface area contributed by atoms with Crippen LogP contribution in [0.5, 0.6) is 0 Å².